The summed E-state index contributed by atoms with van der Waals surface area (Å²) in [6, 6.07) is 5.14. The number of anilines is 1. The van der Waals surface area contributed by atoms with E-state index in [1.165, 1.54) is 27.7 Å². The van der Waals surface area contributed by atoms with Crippen molar-refractivity contribution in [3.8, 4) is 11.3 Å². The van der Waals surface area contributed by atoms with Crippen LogP contribution in [-0.4, -0.2) is 167 Å². The summed E-state index contributed by atoms with van der Waals surface area (Å²) >= 11 is 0. The monoisotopic (exact) mass is 1050 g/mol. The number of cyclic esters (lactones) is 1. The van der Waals surface area contributed by atoms with E-state index in [-0.39, 0.29) is 63.0 Å². The second kappa shape index (κ2) is 22.1. The zero-order valence-corrected chi connectivity index (χ0v) is 44.7. The highest BCUT2D eigenvalue weighted by Crippen LogP contribution is 2.44. The molecule has 5 amide bonds. The number of piperidine rings is 1. The molecule has 7 heterocycles. The Bertz CT molecular complexity index is 2630. The molecule has 6 bridgehead atoms. The second-order valence-electron chi connectivity index (χ2n) is 22.0. The summed E-state index contributed by atoms with van der Waals surface area (Å²) in [6.07, 6.45) is -1.38. The molecule has 0 saturated carbocycles. The van der Waals surface area contributed by atoms with Gasteiger partial charge in [-0.05, 0) is 101 Å². The van der Waals surface area contributed by atoms with Gasteiger partial charge in [-0.1, -0.05) is 34.3 Å². The summed E-state index contributed by atoms with van der Waals surface area (Å²) in [6.45, 7) is 17.1. The lowest BCUT2D eigenvalue weighted by atomic mass is 9.84. The topological polar surface area (TPSA) is 180 Å². The molecular formula is C54H74F3N9O9. The summed E-state index contributed by atoms with van der Waals surface area (Å²) in [5, 5.41) is 4.96. The van der Waals surface area contributed by atoms with Crippen molar-refractivity contribution >= 4 is 46.3 Å². The van der Waals surface area contributed by atoms with Crippen LogP contribution in [0.25, 0.3) is 22.2 Å². The first-order chi connectivity index (χ1) is 35.5. The highest BCUT2D eigenvalue weighted by Gasteiger charge is 2.53. The number of amides is 5. The van der Waals surface area contributed by atoms with Crippen molar-refractivity contribution in [1.29, 1.82) is 0 Å². The first kappa shape index (κ1) is 55.5. The quantitative estimate of drug-likeness (QED) is 0.179. The van der Waals surface area contributed by atoms with E-state index in [4.69, 9.17) is 18.9 Å². The molecule has 75 heavy (non-hydrogen) atoms. The minimum atomic E-state index is -4.59. The number of hydrogen-bond acceptors (Lipinski definition) is 12. The fourth-order valence-electron chi connectivity index (χ4n) is 11.9. The number of methoxy groups -OCH3 is 1. The molecule has 8 rings (SSSR count). The number of likely N-dealkylation sites (N-methyl/N-ethyl adjacent to an activating group) is 1. The van der Waals surface area contributed by atoms with E-state index in [9.17, 15) is 37.1 Å². The third kappa shape index (κ3) is 11.5. The van der Waals surface area contributed by atoms with Gasteiger partial charge in [-0.3, -0.25) is 29.2 Å². The third-order valence-electron chi connectivity index (χ3n) is 15.8. The van der Waals surface area contributed by atoms with E-state index in [2.05, 4.69) is 27.2 Å². The number of morpholine rings is 1. The van der Waals surface area contributed by atoms with Gasteiger partial charge in [0.1, 0.15) is 30.9 Å². The molecule has 410 valence electrons. The fourth-order valence-corrected chi connectivity index (χ4v) is 11.9. The normalized spacial score (nSPS) is 25.2. The molecule has 4 saturated heterocycles. The Hall–Kier alpha value is -5.77. The van der Waals surface area contributed by atoms with E-state index in [0.29, 0.717) is 78.7 Å². The number of nitrogens with one attached hydrogen (secondary N) is 2. The molecule has 5 aliphatic rings. The van der Waals surface area contributed by atoms with Crippen molar-refractivity contribution in [2.24, 2.45) is 11.3 Å². The number of nitrogens with zero attached hydrogens (tertiary/aromatic N) is 7. The lowest BCUT2D eigenvalue weighted by Gasteiger charge is -2.43. The van der Waals surface area contributed by atoms with Gasteiger partial charge in [0.05, 0.1) is 48.5 Å². The highest BCUT2D eigenvalue weighted by atomic mass is 19.4. The predicted molar refractivity (Wildman–Crippen MR) is 274 cm³/mol. The molecule has 0 aliphatic carbocycles. The number of esters is 1. The molecule has 2 aromatic heterocycles. The molecule has 3 aromatic rings. The average molecular weight is 1050 g/mol. The van der Waals surface area contributed by atoms with Crippen molar-refractivity contribution < 1.29 is 56.1 Å². The predicted octanol–water partition coefficient (Wildman–Crippen LogP) is 6.36. The van der Waals surface area contributed by atoms with E-state index in [0.717, 1.165) is 5.69 Å². The third-order valence-corrected chi connectivity index (χ3v) is 15.8. The van der Waals surface area contributed by atoms with Gasteiger partial charge in [0.15, 0.2) is 0 Å². The molecule has 2 N–H and O–H groups in total. The minimum Gasteiger partial charge on any atom is -0.464 e. The number of urea groups is 1. The van der Waals surface area contributed by atoms with Crippen LogP contribution in [0.5, 0.6) is 0 Å². The van der Waals surface area contributed by atoms with Crippen molar-refractivity contribution in [3.05, 3.63) is 60.4 Å². The number of halogens is 3. The number of benzene rings is 1. The van der Waals surface area contributed by atoms with Crippen LogP contribution in [0.1, 0.15) is 97.9 Å². The summed E-state index contributed by atoms with van der Waals surface area (Å²) < 4.78 is 70.0. The molecule has 18 nitrogen and oxygen atoms in total. The Morgan fingerprint density at radius 3 is 2.49 bits per heavy atom. The molecule has 21 heteroatoms. The summed E-state index contributed by atoms with van der Waals surface area (Å²) in [5.41, 5.74) is 4.65. The number of aromatic nitrogens is 2. The number of hydrogen-bond donors (Lipinski definition) is 2. The lowest BCUT2D eigenvalue weighted by Crippen LogP contribution is -2.63. The van der Waals surface area contributed by atoms with Gasteiger partial charge in [-0.2, -0.15) is 13.2 Å². The molecule has 7 atom stereocenters. The van der Waals surface area contributed by atoms with Crippen LogP contribution < -0.4 is 15.6 Å². The Balaban J connectivity index is 1.11. The van der Waals surface area contributed by atoms with Gasteiger partial charge in [0.2, 0.25) is 11.8 Å². The molecule has 1 aromatic carbocycles. The Kier molecular flexibility index (Phi) is 16.3. The number of rotatable bonds is 9. The Morgan fingerprint density at radius 2 is 1.81 bits per heavy atom. The van der Waals surface area contributed by atoms with Crippen LogP contribution >= 0.6 is 0 Å². The maximum atomic E-state index is 14.8. The van der Waals surface area contributed by atoms with Crippen LogP contribution in [-0.2, 0) is 51.1 Å². The first-order valence-electron chi connectivity index (χ1n) is 26.2. The number of alkyl halides is 3. The number of fused-ring (bicyclic) bond motifs is 6. The Morgan fingerprint density at radius 1 is 1.08 bits per heavy atom. The zero-order chi connectivity index (χ0) is 54.3. The summed E-state index contributed by atoms with van der Waals surface area (Å²) in [7, 11) is 3.10. The first-order valence-corrected chi connectivity index (χ1v) is 26.2. The van der Waals surface area contributed by atoms with Crippen molar-refractivity contribution in [2.45, 2.75) is 148 Å². The fraction of sp³-hybridized carbons (Fsp3) is 0.630. The maximum absolute atomic E-state index is 14.8. The van der Waals surface area contributed by atoms with Crippen LogP contribution in [0, 0.1) is 11.3 Å². The number of pyridine rings is 1. The maximum Gasteiger partial charge on any atom is 0.406 e. The molecule has 5 aliphatic heterocycles. The van der Waals surface area contributed by atoms with E-state index in [1.54, 1.807) is 54.2 Å². The van der Waals surface area contributed by atoms with Crippen molar-refractivity contribution in [3.63, 3.8) is 0 Å². The van der Waals surface area contributed by atoms with E-state index < -0.39 is 78.1 Å². The largest absolute Gasteiger partial charge is 0.464 e. The minimum absolute atomic E-state index is 0.0162. The van der Waals surface area contributed by atoms with Crippen LogP contribution in [0.3, 0.4) is 0 Å². The standard InChI is InChI=1S/C54H74F3N9O9/c1-11-44(67)66-34(5)53(75-35(66)6)18-22-62(23-19-53)51(71)61(9)46(32(2)3)48(68)59-42-27-37-29-63(24-25-73-37)36-16-17-43-39(26-36)40(28-52(7,8)31-74-50(70)41-15-13-21-65(60-41)49(42)69)47(64(43)30-54(55,56)57)38-14-12-20-58-45(38)33(4)72-10/h11-12,14,16-17,20,26,32-35,37,41-42,46,60H,1,13,15,18-19,21-25,27-31H2,2-10H3,(H,59,68)/t33-,34-,35+,37-,41-,42-,46-/m0/s1. The van der Waals surface area contributed by atoms with Gasteiger partial charge >= 0.3 is 18.2 Å². The molecular weight excluding hydrogens is 976 g/mol. The summed E-state index contributed by atoms with van der Waals surface area (Å²) in [4.78, 5) is 82.0. The van der Waals surface area contributed by atoms with Gasteiger partial charge in [0, 0.05) is 87.1 Å². The molecule has 0 unspecified atom stereocenters. The van der Waals surface area contributed by atoms with Crippen LogP contribution in [0.2, 0.25) is 0 Å². The Labute approximate surface area is 437 Å². The van der Waals surface area contributed by atoms with Gasteiger partial charge < -0.3 is 48.4 Å². The van der Waals surface area contributed by atoms with E-state index in [1.807, 2.05) is 47.6 Å². The number of ether oxygens (including phenoxy) is 4. The van der Waals surface area contributed by atoms with Crippen molar-refractivity contribution in [2.75, 3.05) is 65.0 Å². The van der Waals surface area contributed by atoms with Crippen molar-refractivity contribution in [1.82, 2.24) is 40.0 Å². The lowest BCUT2D eigenvalue weighted by molar-refractivity contribution is -0.156. The SMILES string of the molecule is C=CC(=O)N1[C@@H](C)C2(CCN(C(=O)N(C)[C@H](C(=O)N[C@H]3C[C@H]4CN(CCO4)c4ccc5c(c4)c(c(-c4cccnc4[C@H](C)OC)n5CC(F)(F)F)CC(C)(C)COC(=O)[C@@H]4CCCN(N4)C3=O)C(C)C)CC2)O[C@@H]1C. The summed E-state index contributed by atoms with van der Waals surface area (Å²) in [5.74, 6) is -2.26. The number of hydrazine groups is 1. The second-order valence-corrected chi connectivity index (χ2v) is 22.0. The average Bonchev–Trinajstić information content (AvgIpc) is 3.79. The van der Waals surface area contributed by atoms with Crippen LogP contribution in [0.15, 0.2) is 49.2 Å². The van der Waals surface area contributed by atoms with Gasteiger partial charge in [0.25, 0.3) is 5.91 Å². The van der Waals surface area contributed by atoms with Crippen LogP contribution in [0.4, 0.5) is 23.7 Å². The van der Waals surface area contributed by atoms with E-state index >= 15 is 0 Å². The number of carbonyl (C=O) groups excluding carboxylic acids is 5. The molecule has 4 fully saturated rings. The smallest absolute Gasteiger partial charge is 0.406 e. The highest BCUT2D eigenvalue weighted by molar-refractivity contribution is 5.95. The zero-order valence-electron chi connectivity index (χ0n) is 44.7. The number of carbonyl (C=O) groups is 5. The molecule has 0 radical (unpaired) electrons. The molecule has 1 spiro atoms. The van der Waals surface area contributed by atoms with Gasteiger partial charge in [-0.15, -0.1) is 0 Å². The number of likely N-dealkylation sites (tertiary alicyclic amines) is 1. The van der Waals surface area contributed by atoms with Gasteiger partial charge in [-0.25, -0.2) is 10.2 Å².